The monoisotopic (exact) mass is 278 g/mol. The second kappa shape index (κ2) is 7.17. The highest BCUT2D eigenvalue weighted by molar-refractivity contribution is 8.04. The van der Waals surface area contributed by atoms with Gasteiger partial charge in [0.25, 0.3) is 0 Å². The zero-order chi connectivity index (χ0) is 12.7. The van der Waals surface area contributed by atoms with Gasteiger partial charge < -0.3 is 9.05 Å². The van der Waals surface area contributed by atoms with Crippen LogP contribution >= 0.6 is 19.4 Å². The first-order chi connectivity index (χ1) is 8.09. The van der Waals surface area contributed by atoms with E-state index in [9.17, 15) is 8.96 Å². The SMILES string of the molecule is CCOP(=O)(CSc1ccc(F)cc1)OCC. The summed E-state index contributed by atoms with van der Waals surface area (Å²) in [5.74, 6) is -0.285. The topological polar surface area (TPSA) is 35.5 Å². The van der Waals surface area contributed by atoms with Crippen LogP contribution in [0.4, 0.5) is 4.39 Å². The summed E-state index contributed by atoms with van der Waals surface area (Å²) in [5.41, 5.74) is 0.236. The quantitative estimate of drug-likeness (QED) is 0.554. The van der Waals surface area contributed by atoms with E-state index in [0.29, 0.717) is 13.2 Å². The molecule has 3 nitrogen and oxygen atoms in total. The molecule has 6 heteroatoms. The van der Waals surface area contributed by atoms with Crippen molar-refractivity contribution in [1.82, 2.24) is 0 Å². The summed E-state index contributed by atoms with van der Waals surface area (Å²) in [6, 6.07) is 6.02. The highest BCUT2D eigenvalue weighted by atomic mass is 32.2. The molecule has 0 unspecified atom stereocenters. The summed E-state index contributed by atoms with van der Waals surface area (Å²) in [6.07, 6.45) is 0. The largest absolute Gasteiger partial charge is 0.340 e. The third-order valence-corrected chi connectivity index (χ3v) is 5.54. The third-order valence-electron chi connectivity index (χ3n) is 1.85. The molecule has 0 spiro atoms. The Balaban J connectivity index is 2.57. The molecule has 17 heavy (non-hydrogen) atoms. The predicted octanol–water partition coefficient (Wildman–Crippen LogP) is 4.14. The van der Waals surface area contributed by atoms with Crippen molar-refractivity contribution in [3.8, 4) is 0 Å². The lowest BCUT2D eigenvalue weighted by molar-refractivity contribution is 0.224. The van der Waals surface area contributed by atoms with Crippen LogP contribution in [0.3, 0.4) is 0 Å². The molecule has 0 radical (unpaired) electrons. The lowest BCUT2D eigenvalue weighted by Crippen LogP contribution is -1.97. The maximum Gasteiger partial charge on any atom is 0.340 e. The van der Waals surface area contributed by atoms with Crippen molar-refractivity contribution in [3.05, 3.63) is 30.1 Å². The van der Waals surface area contributed by atoms with Gasteiger partial charge in [-0.05, 0) is 38.1 Å². The Morgan fingerprint density at radius 3 is 2.18 bits per heavy atom. The molecule has 0 amide bonds. The fourth-order valence-corrected chi connectivity index (χ4v) is 4.20. The fourth-order valence-electron chi connectivity index (χ4n) is 1.19. The van der Waals surface area contributed by atoms with E-state index in [2.05, 4.69) is 0 Å². The molecule has 0 aliphatic carbocycles. The van der Waals surface area contributed by atoms with Crippen molar-refractivity contribution in [3.63, 3.8) is 0 Å². The minimum Gasteiger partial charge on any atom is -0.308 e. The molecule has 0 N–H and O–H groups in total. The molecular formula is C11H16FO3PS. The van der Waals surface area contributed by atoms with Crippen LogP contribution in [0.25, 0.3) is 0 Å². The standard InChI is InChI=1S/C11H16FO3PS/c1-3-14-16(13,15-4-2)9-17-11-7-5-10(12)6-8-11/h5-8H,3-4,9H2,1-2H3. The summed E-state index contributed by atoms with van der Waals surface area (Å²) in [6.45, 7) is 4.24. The molecule has 0 aliphatic rings. The molecule has 0 heterocycles. The van der Waals surface area contributed by atoms with Gasteiger partial charge >= 0.3 is 7.60 Å². The molecule has 0 aromatic heterocycles. The van der Waals surface area contributed by atoms with Crippen LogP contribution in [0.5, 0.6) is 0 Å². The second-order valence-electron chi connectivity index (χ2n) is 3.17. The third kappa shape index (κ3) is 5.21. The van der Waals surface area contributed by atoms with Crippen molar-refractivity contribution in [2.75, 3.05) is 18.7 Å². The van der Waals surface area contributed by atoms with Crippen molar-refractivity contribution < 1.29 is 18.0 Å². The van der Waals surface area contributed by atoms with Gasteiger partial charge in [-0.15, -0.1) is 11.8 Å². The van der Waals surface area contributed by atoms with Crippen LogP contribution in [-0.4, -0.2) is 18.7 Å². The summed E-state index contributed by atoms with van der Waals surface area (Å²) < 4.78 is 35.1. The average Bonchev–Trinajstić information content (AvgIpc) is 2.29. The van der Waals surface area contributed by atoms with Crippen LogP contribution in [-0.2, 0) is 13.6 Å². The van der Waals surface area contributed by atoms with Crippen molar-refractivity contribution in [2.24, 2.45) is 0 Å². The molecule has 0 atom stereocenters. The van der Waals surface area contributed by atoms with Crippen LogP contribution < -0.4 is 0 Å². The molecular weight excluding hydrogens is 262 g/mol. The van der Waals surface area contributed by atoms with E-state index >= 15 is 0 Å². The Morgan fingerprint density at radius 2 is 1.71 bits per heavy atom. The van der Waals surface area contributed by atoms with E-state index in [1.165, 1.54) is 23.9 Å². The van der Waals surface area contributed by atoms with Crippen molar-refractivity contribution >= 4 is 19.4 Å². The average molecular weight is 278 g/mol. The molecule has 1 aromatic carbocycles. The maximum atomic E-state index is 12.7. The molecule has 0 saturated carbocycles. The molecule has 0 aliphatic heterocycles. The first-order valence-electron chi connectivity index (χ1n) is 5.36. The van der Waals surface area contributed by atoms with Gasteiger partial charge in [0.15, 0.2) is 0 Å². The normalized spacial score (nSPS) is 11.7. The molecule has 0 bridgehead atoms. The van der Waals surface area contributed by atoms with E-state index in [-0.39, 0.29) is 11.3 Å². The Kier molecular flexibility index (Phi) is 6.20. The van der Waals surface area contributed by atoms with Crippen LogP contribution in [0.15, 0.2) is 29.2 Å². The predicted molar refractivity (Wildman–Crippen MR) is 68.0 cm³/mol. The second-order valence-corrected chi connectivity index (χ2v) is 6.70. The van der Waals surface area contributed by atoms with Crippen LogP contribution in [0.1, 0.15) is 13.8 Å². The number of halogens is 1. The smallest absolute Gasteiger partial charge is 0.308 e. The van der Waals surface area contributed by atoms with E-state index < -0.39 is 7.60 Å². The van der Waals surface area contributed by atoms with E-state index in [4.69, 9.17) is 9.05 Å². The van der Waals surface area contributed by atoms with Gasteiger partial charge in [-0.25, -0.2) is 4.39 Å². The Hall–Kier alpha value is -0.350. The molecule has 0 fully saturated rings. The summed E-state index contributed by atoms with van der Waals surface area (Å²) in [4.78, 5) is 0.839. The summed E-state index contributed by atoms with van der Waals surface area (Å²) >= 11 is 1.34. The number of rotatable bonds is 7. The molecule has 0 saturated heterocycles. The lowest BCUT2D eigenvalue weighted by Gasteiger charge is -2.16. The van der Waals surface area contributed by atoms with Crippen molar-refractivity contribution in [2.45, 2.75) is 18.7 Å². The minimum absolute atomic E-state index is 0.236. The molecule has 1 rings (SSSR count). The Labute approximate surface area is 105 Å². The number of thioether (sulfide) groups is 1. The zero-order valence-corrected chi connectivity index (χ0v) is 11.6. The Bertz CT molecular complexity index is 373. The number of hydrogen-bond acceptors (Lipinski definition) is 4. The highest BCUT2D eigenvalue weighted by Crippen LogP contribution is 2.51. The van der Waals surface area contributed by atoms with Gasteiger partial charge in [-0.2, -0.15) is 0 Å². The molecule has 1 aromatic rings. The van der Waals surface area contributed by atoms with Crippen molar-refractivity contribution in [1.29, 1.82) is 0 Å². The van der Waals surface area contributed by atoms with E-state index in [1.54, 1.807) is 26.0 Å². The van der Waals surface area contributed by atoms with E-state index in [0.717, 1.165) is 4.90 Å². The van der Waals surface area contributed by atoms with Gasteiger partial charge in [0.05, 0.1) is 13.2 Å². The van der Waals surface area contributed by atoms with Crippen LogP contribution in [0, 0.1) is 5.82 Å². The highest BCUT2D eigenvalue weighted by Gasteiger charge is 2.23. The summed E-state index contributed by atoms with van der Waals surface area (Å²) in [5, 5.41) is 0. The lowest BCUT2D eigenvalue weighted by atomic mass is 10.4. The zero-order valence-electron chi connectivity index (χ0n) is 9.89. The van der Waals surface area contributed by atoms with Gasteiger partial charge in [-0.3, -0.25) is 4.57 Å². The first kappa shape index (κ1) is 14.7. The Morgan fingerprint density at radius 1 is 1.18 bits per heavy atom. The maximum absolute atomic E-state index is 12.7. The fraction of sp³-hybridized carbons (Fsp3) is 0.455. The van der Waals surface area contributed by atoms with Gasteiger partial charge in [0.1, 0.15) is 11.3 Å². The number of hydrogen-bond donors (Lipinski definition) is 0. The van der Waals surface area contributed by atoms with Gasteiger partial charge in [0.2, 0.25) is 0 Å². The molecule has 96 valence electrons. The van der Waals surface area contributed by atoms with Gasteiger partial charge in [0, 0.05) is 4.90 Å². The first-order valence-corrected chi connectivity index (χ1v) is 8.07. The van der Waals surface area contributed by atoms with Crippen LogP contribution in [0.2, 0.25) is 0 Å². The van der Waals surface area contributed by atoms with E-state index in [1.807, 2.05) is 0 Å². The summed E-state index contributed by atoms with van der Waals surface area (Å²) in [7, 11) is -3.03. The minimum atomic E-state index is -3.03. The van der Waals surface area contributed by atoms with Gasteiger partial charge in [-0.1, -0.05) is 0 Å². The number of benzene rings is 1.